The second-order valence-electron chi connectivity index (χ2n) is 4.68. The summed E-state index contributed by atoms with van der Waals surface area (Å²) in [6.45, 7) is 5.18. The molecule has 2 rings (SSSR count). The van der Waals surface area contributed by atoms with Crippen LogP contribution in [-0.2, 0) is 0 Å². The fourth-order valence-electron chi connectivity index (χ4n) is 2.14. The molecule has 0 aliphatic carbocycles. The minimum atomic E-state index is -0.427. The van der Waals surface area contributed by atoms with E-state index in [4.69, 9.17) is 4.74 Å². The van der Waals surface area contributed by atoms with Crippen LogP contribution in [0.4, 0.5) is 0 Å². The average Bonchev–Trinajstić information content (AvgIpc) is 2.66. The second kappa shape index (κ2) is 7.36. The maximum absolute atomic E-state index is 9.97. The molecule has 1 aliphatic heterocycles. The summed E-state index contributed by atoms with van der Waals surface area (Å²) in [7, 11) is 0. The van der Waals surface area contributed by atoms with Crippen LogP contribution < -0.4 is 10.1 Å². The Balaban J connectivity index is 1.69. The van der Waals surface area contributed by atoms with Crippen LogP contribution in [-0.4, -0.2) is 55.4 Å². The second-order valence-corrected chi connectivity index (χ2v) is 4.68. The molecular weight excluding hydrogens is 228 g/mol. The number of nitrogens with one attached hydrogen (secondary N) is 1. The number of aliphatic hydroxyl groups excluding tert-OH is 1. The van der Waals surface area contributed by atoms with Crippen molar-refractivity contribution in [1.29, 1.82) is 0 Å². The number of benzene rings is 1. The van der Waals surface area contributed by atoms with Gasteiger partial charge in [0.2, 0.25) is 0 Å². The van der Waals surface area contributed by atoms with Crippen molar-refractivity contribution < 1.29 is 9.84 Å². The fourth-order valence-corrected chi connectivity index (χ4v) is 2.14. The zero-order valence-corrected chi connectivity index (χ0v) is 10.7. The Morgan fingerprint density at radius 3 is 2.89 bits per heavy atom. The summed E-state index contributed by atoms with van der Waals surface area (Å²) < 4.78 is 5.55. The standard InChI is InChI=1S/C14H22N2O2/c17-13(11-16-9-4-7-15-8-10-16)12-18-14-5-2-1-3-6-14/h1-3,5-6,13,15,17H,4,7-12H2. The molecule has 2 N–H and O–H groups in total. The highest BCUT2D eigenvalue weighted by Gasteiger charge is 2.13. The van der Waals surface area contributed by atoms with Crippen LogP contribution in [0.1, 0.15) is 6.42 Å². The van der Waals surface area contributed by atoms with Crippen LogP contribution in [0.25, 0.3) is 0 Å². The number of hydrogen-bond donors (Lipinski definition) is 2. The first kappa shape index (κ1) is 13.3. The van der Waals surface area contributed by atoms with E-state index < -0.39 is 6.10 Å². The average molecular weight is 250 g/mol. The predicted octanol–water partition coefficient (Wildman–Crippen LogP) is 0.722. The van der Waals surface area contributed by atoms with Gasteiger partial charge in [-0.05, 0) is 31.6 Å². The molecule has 0 aromatic heterocycles. The van der Waals surface area contributed by atoms with E-state index in [0.717, 1.165) is 38.3 Å². The summed E-state index contributed by atoms with van der Waals surface area (Å²) >= 11 is 0. The van der Waals surface area contributed by atoms with Gasteiger partial charge in [-0.1, -0.05) is 18.2 Å². The van der Waals surface area contributed by atoms with Gasteiger partial charge in [-0.2, -0.15) is 0 Å². The lowest BCUT2D eigenvalue weighted by Crippen LogP contribution is -2.37. The van der Waals surface area contributed by atoms with Crippen molar-refractivity contribution in [3.63, 3.8) is 0 Å². The van der Waals surface area contributed by atoms with Gasteiger partial charge in [-0.3, -0.25) is 4.90 Å². The third-order valence-electron chi connectivity index (χ3n) is 3.09. The Bertz CT molecular complexity index is 324. The van der Waals surface area contributed by atoms with E-state index in [9.17, 15) is 5.11 Å². The van der Waals surface area contributed by atoms with E-state index in [0.29, 0.717) is 13.2 Å². The molecule has 0 radical (unpaired) electrons. The summed E-state index contributed by atoms with van der Waals surface area (Å²) in [5.41, 5.74) is 0. The van der Waals surface area contributed by atoms with Crippen LogP contribution in [0.5, 0.6) is 5.75 Å². The number of ether oxygens (including phenoxy) is 1. The van der Waals surface area contributed by atoms with Crippen molar-refractivity contribution in [3.8, 4) is 5.75 Å². The van der Waals surface area contributed by atoms with Crippen molar-refractivity contribution >= 4 is 0 Å². The zero-order valence-electron chi connectivity index (χ0n) is 10.7. The molecule has 1 saturated heterocycles. The number of nitrogens with zero attached hydrogens (tertiary/aromatic N) is 1. The maximum atomic E-state index is 9.97. The van der Waals surface area contributed by atoms with Crippen LogP contribution in [0.15, 0.2) is 30.3 Å². The number of rotatable bonds is 5. The summed E-state index contributed by atoms with van der Waals surface area (Å²) in [6.07, 6.45) is 0.718. The van der Waals surface area contributed by atoms with Gasteiger partial charge in [0.15, 0.2) is 0 Å². The summed E-state index contributed by atoms with van der Waals surface area (Å²) in [6, 6.07) is 9.63. The number of para-hydroxylation sites is 1. The SMILES string of the molecule is OC(COc1ccccc1)CN1CCCNCC1. The van der Waals surface area contributed by atoms with E-state index >= 15 is 0 Å². The lowest BCUT2D eigenvalue weighted by Gasteiger charge is -2.22. The van der Waals surface area contributed by atoms with Gasteiger partial charge in [0, 0.05) is 19.6 Å². The number of aliphatic hydroxyl groups is 1. The topological polar surface area (TPSA) is 44.7 Å². The van der Waals surface area contributed by atoms with Crippen molar-refractivity contribution in [2.24, 2.45) is 0 Å². The highest BCUT2D eigenvalue weighted by atomic mass is 16.5. The molecule has 0 amide bonds. The highest BCUT2D eigenvalue weighted by molar-refractivity contribution is 5.20. The van der Waals surface area contributed by atoms with Crippen LogP contribution in [0.2, 0.25) is 0 Å². The molecule has 0 saturated carbocycles. The van der Waals surface area contributed by atoms with Gasteiger partial charge in [0.1, 0.15) is 18.5 Å². The van der Waals surface area contributed by atoms with Gasteiger partial charge >= 0.3 is 0 Å². The Hall–Kier alpha value is -1.10. The van der Waals surface area contributed by atoms with Gasteiger partial charge in [-0.25, -0.2) is 0 Å². The first-order chi connectivity index (χ1) is 8.84. The molecule has 1 atom stereocenters. The van der Waals surface area contributed by atoms with Gasteiger partial charge in [0.05, 0.1) is 0 Å². The molecule has 1 fully saturated rings. The molecule has 1 heterocycles. The fraction of sp³-hybridized carbons (Fsp3) is 0.571. The van der Waals surface area contributed by atoms with Crippen molar-refractivity contribution in [2.45, 2.75) is 12.5 Å². The molecule has 0 bridgehead atoms. The quantitative estimate of drug-likeness (QED) is 0.808. The zero-order chi connectivity index (χ0) is 12.6. The molecular formula is C14H22N2O2. The van der Waals surface area contributed by atoms with Crippen molar-refractivity contribution in [3.05, 3.63) is 30.3 Å². The van der Waals surface area contributed by atoms with Gasteiger partial charge < -0.3 is 15.2 Å². The smallest absolute Gasteiger partial charge is 0.119 e. The third-order valence-corrected chi connectivity index (χ3v) is 3.09. The summed E-state index contributed by atoms with van der Waals surface area (Å²) in [4.78, 5) is 2.29. The molecule has 1 aromatic carbocycles. The molecule has 4 nitrogen and oxygen atoms in total. The predicted molar refractivity (Wildman–Crippen MR) is 71.9 cm³/mol. The largest absolute Gasteiger partial charge is 0.491 e. The van der Waals surface area contributed by atoms with E-state index in [1.807, 2.05) is 30.3 Å². The Labute approximate surface area is 109 Å². The van der Waals surface area contributed by atoms with Crippen LogP contribution >= 0.6 is 0 Å². The molecule has 0 spiro atoms. The lowest BCUT2D eigenvalue weighted by atomic mass is 10.3. The van der Waals surface area contributed by atoms with E-state index in [1.54, 1.807) is 0 Å². The molecule has 18 heavy (non-hydrogen) atoms. The highest BCUT2D eigenvalue weighted by Crippen LogP contribution is 2.09. The number of β-amino-alcohol motifs (C(OH)–C–C–N with tert-alkyl or cyclic N) is 1. The van der Waals surface area contributed by atoms with Crippen molar-refractivity contribution in [1.82, 2.24) is 10.2 Å². The van der Waals surface area contributed by atoms with Crippen LogP contribution in [0.3, 0.4) is 0 Å². The Morgan fingerprint density at radius 2 is 2.06 bits per heavy atom. The van der Waals surface area contributed by atoms with E-state index in [1.165, 1.54) is 0 Å². The van der Waals surface area contributed by atoms with Crippen LogP contribution in [0, 0.1) is 0 Å². The molecule has 1 unspecified atom stereocenters. The van der Waals surface area contributed by atoms with Crippen molar-refractivity contribution in [2.75, 3.05) is 39.3 Å². The minimum Gasteiger partial charge on any atom is -0.491 e. The van der Waals surface area contributed by atoms with E-state index in [2.05, 4.69) is 10.2 Å². The molecule has 4 heteroatoms. The third kappa shape index (κ3) is 4.64. The molecule has 100 valence electrons. The number of hydrogen-bond acceptors (Lipinski definition) is 4. The molecule has 1 aromatic rings. The molecule has 1 aliphatic rings. The Kier molecular flexibility index (Phi) is 5.45. The minimum absolute atomic E-state index is 0.355. The van der Waals surface area contributed by atoms with Gasteiger partial charge in [-0.15, -0.1) is 0 Å². The first-order valence-electron chi connectivity index (χ1n) is 6.63. The lowest BCUT2D eigenvalue weighted by molar-refractivity contribution is 0.0703. The summed E-state index contributed by atoms with van der Waals surface area (Å²) in [5.74, 6) is 0.814. The normalized spacial score (nSPS) is 19.2. The maximum Gasteiger partial charge on any atom is 0.119 e. The Morgan fingerprint density at radius 1 is 1.22 bits per heavy atom. The van der Waals surface area contributed by atoms with E-state index in [-0.39, 0.29) is 0 Å². The first-order valence-corrected chi connectivity index (χ1v) is 6.63. The van der Waals surface area contributed by atoms with Gasteiger partial charge in [0.25, 0.3) is 0 Å². The summed E-state index contributed by atoms with van der Waals surface area (Å²) in [5, 5.41) is 13.3. The monoisotopic (exact) mass is 250 g/mol.